The number of allylic oxidation sites excluding steroid dienone is 2. The Bertz CT molecular complexity index is 256. The highest BCUT2D eigenvalue weighted by Crippen LogP contribution is 2.14. The van der Waals surface area contributed by atoms with E-state index in [4.69, 9.17) is 0 Å². The van der Waals surface area contributed by atoms with Crippen LogP contribution in [-0.4, -0.2) is 10.5 Å². The van der Waals surface area contributed by atoms with Gasteiger partial charge in [0, 0.05) is 12.5 Å². The van der Waals surface area contributed by atoms with E-state index >= 15 is 0 Å². The molecule has 0 saturated heterocycles. The fourth-order valence-corrected chi connectivity index (χ4v) is 1.41. The number of rotatable bonds is 2. The van der Waals surface area contributed by atoms with E-state index < -0.39 is 10.8 Å². The third kappa shape index (κ3) is 2.11. The standard InChI is InChI=1S/C8H14N2OS/c1-6(2)7-4-8(12(3)11)10-9-5-7/h4-6,9-10H,1-3H3. The van der Waals surface area contributed by atoms with E-state index in [2.05, 4.69) is 24.7 Å². The van der Waals surface area contributed by atoms with Crippen molar-refractivity contribution in [2.45, 2.75) is 13.8 Å². The monoisotopic (exact) mass is 186 g/mol. The summed E-state index contributed by atoms with van der Waals surface area (Å²) in [5.41, 5.74) is 6.88. The Hall–Kier alpha value is -0.770. The van der Waals surface area contributed by atoms with Gasteiger partial charge in [-0.25, -0.2) is 0 Å². The topological polar surface area (TPSA) is 41.1 Å². The summed E-state index contributed by atoms with van der Waals surface area (Å²) in [6, 6.07) is 0. The smallest absolute Gasteiger partial charge is 0.118 e. The Balaban J connectivity index is 2.81. The van der Waals surface area contributed by atoms with E-state index in [1.54, 1.807) is 6.26 Å². The van der Waals surface area contributed by atoms with Crippen molar-refractivity contribution >= 4 is 10.8 Å². The lowest BCUT2D eigenvalue weighted by molar-refractivity contribution is 0.669. The molecule has 0 bridgehead atoms. The molecule has 4 heteroatoms. The summed E-state index contributed by atoms with van der Waals surface area (Å²) < 4.78 is 11.1. The second-order valence-electron chi connectivity index (χ2n) is 3.03. The SMILES string of the molecule is CC(C)C1=CNNC(S(C)=O)=C1. The lowest BCUT2D eigenvalue weighted by atomic mass is 10.0. The van der Waals surface area contributed by atoms with Gasteiger partial charge in [-0.15, -0.1) is 0 Å². The van der Waals surface area contributed by atoms with Crippen LogP contribution in [0.2, 0.25) is 0 Å². The van der Waals surface area contributed by atoms with Gasteiger partial charge >= 0.3 is 0 Å². The molecule has 2 N–H and O–H groups in total. The minimum atomic E-state index is -0.943. The molecule has 1 heterocycles. The van der Waals surface area contributed by atoms with E-state index in [0.717, 1.165) is 5.03 Å². The highest BCUT2D eigenvalue weighted by molar-refractivity contribution is 7.88. The van der Waals surface area contributed by atoms with Crippen molar-refractivity contribution in [1.29, 1.82) is 0 Å². The quantitative estimate of drug-likeness (QED) is 0.672. The fourth-order valence-electron chi connectivity index (χ4n) is 0.908. The highest BCUT2D eigenvalue weighted by atomic mass is 32.2. The molecule has 68 valence electrons. The molecule has 1 aliphatic rings. The Morgan fingerprint density at radius 2 is 2.17 bits per heavy atom. The van der Waals surface area contributed by atoms with Crippen LogP contribution in [-0.2, 0) is 10.8 Å². The molecule has 0 saturated carbocycles. The fraction of sp³-hybridized carbons (Fsp3) is 0.500. The summed E-state index contributed by atoms with van der Waals surface area (Å²) in [7, 11) is -0.943. The Labute approximate surface area is 75.4 Å². The summed E-state index contributed by atoms with van der Waals surface area (Å²) in [5, 5.41) is 0.737. The first-order chi connectivity index (χ1) is 5.61. The van der Waals surface area contributed by atoms with Crippen molar-refractivity contribution < 1.29 is 4.21 Å². The van der Waals surface area contributed by atoms with E-state index in [-0.39, 0.29) is 0 Å². The predicted molar refractivity (Wildman–Crippen MR) is 51.3 cm³/mol. The summed E-state index contributed by atoms with van der Waals surface area (Å²) in [6.45, 7) is 4.21. The Morgan fingerprint density at radius 3 is 2.67 bits per heavy atom. The van der Waals surface area contributed by atoms with Crippen molar-refractivity contribution in [1.82, 2.24) is 10.9 Å². The molecule has 0 aromatic carbocycles. The summed E-state index contributed by atoms with van der Waals surface area (Å²) >= 11 is 0. The van der Waals surface area contributed by atoms with Crippen molar-refractivity contribution in [2.24, 2.45) is 5.92 Å². The first kappa shape index (κ1) is 9.32. The minimum Gasteiger partial charge on any atom is -0.307 e. The van der Waals surface area contributed by atoms with Gasteiger partial charge in [0.2, 0.25) is 0 Å². The van der Waals surface area contributed by atoms with Crippen LogP contribution in [0.5, 0.6) is 0 Å². The third-order valence-electron chi connectivity index (χ3n) is 1.71. The number of hydrogen-bond acceptors (Lipinski definition) is 3. The zero-order valence-electron chi connectivity index (χ0n) is 7.55. The van der Waals surface area contributed by atoms with E-state index in [1.165, 1.54) is 5.57 Å². The zero-order chi connectivity index (χ0) is 9.14. The molecule has 1 rings (SSSR count). The summed E-state index contributed by atoms with van der Waals surface area (Å²) in [5.74, 6) is 0.457. The van der Waals surface area contributed by atoms with Gasteiger partial charge in [-0.05, 0) is 17.6 Å². The van der Waals surface area contributed by atoms with Crippen LogP contribution in [0.4, 0.5) is 0 Å². The zero-order valence-corrected chi connectivity index (χ0v) is 8.37. The second kappa shape index (κ2) is 3.76. The molecule has 1 unspecified atom stereocenters. The van der Waals surface area contributed by atoms with Gasteiger partial charge in [-0.2, -0.15) is 0 Å². The molecule has 0 amide bonds. The van der Waals surface area contributed by atoms with E-state index in [0.29, 0.717) is 5.92 Å². The maximum atomic E-state index is 11.1. The molecule has 1 aliphatic heterocycles. The van der Waals surface area contributed by atoms with Crippen molar-refractivity contribution in [3.8, 4) is 0 Å². The predicted octanol–water partition coefficient (Wildman–Crippen LogP) is 0.854. The van der Waals surface area contributed by atoms with Gasteiger partial charge < -0.3 is 5.43 Å². The maximum absolute atomic E-state index is 11.1. The largest absolute Gasteiger partial charge is 0.307 e. The average Bonchev–Trinajstić information content (AvgIpc) is 2.04. The average molecular weight is 186 g/mol. The van der Waals surface area contributed by atoms with Crippen LogP contribution >= 0.6 is 0 Å². The van der Waals surface area contributed by atoms with Crippen LogP contribution < -0.4 is 10.9 Å². The van der Waals surface area contributed by atoms with Crippen LogP contribution in [0.3, 0.4) is 0 Å². The first-order valence-corrected chi connectivity index (χ1v) is 5.44. The van der Waals surface area contributed by atoms with Gasteiger partial charge in [-0.3, -0.25) is 9.63 Å². The first-order valence-electron chi connectivity index (χ1n) is 3.88. The lowest BCUT2D eigenvalue weighted by Crippen LogP contribution is -2.31. The van der Waals surface area contributed by atoms with Gasteiger partial charge in [0.1, 0.15) is 5.03 Å². The van der Waals surface area contributed by atoms with Crippen molar-refractivity contribution in [3.05, 3.63) is 22.9 Å². The van der Waals surface area contributed by atoms with Crippen molar-refractivity contribution in [3.63, 3.8) is 0 Å². The number of hydrogen-bond donors (Lipinski definition) is 2. The van der Waals surface area contributed by atoms with Crippen LogP contribution in [0.15, 0.2) is 22.9 Å². The maximum Gasteiger partial charge on any atom is 0.118 e. The van der Waals surface area contributed by atoms with Gasteiger partial charge in [0.25, 0.3) is 0 Å². The lowest BCUT2D eigenvalue weighted by Gasteiger charge is -2.17. The van der Waals surface area contributed by atoms with Gasteiger partial charge in [0.15, 0.2) is 0 Å². The normalized spacial score (nSPS) is 19.0. The van der Waals surface area contributed by atoms with Crippen LogP contribution in [0.1, 0.15) is 13.8 Å². The molecule has 0 radical (unpaired) electrons. The van der Waals surface area contributed by atoms with E-state index in [9.17, 15) is 4.21 Å². The molecule has 12 heavy (non-hydrogen) atoms. The molecule has 0 aromatic heterocycles. The molecular formula is C8H14N2OS. The molecule has 3 nitrogen and oxygen atoms in total. The second-order valence-corrected chi connectivity index (χ2v) is 4.38. The van der Waals surface area contributed by atoms with Crippen LogP contribution in [0, 0.1) is 5.92 Å². The molecule has 0 spiro atoms. The number of hydrazine groups is 1. The molecule has 0 fully saturated rings. The minimum absolute atomic E-state index is 0.457. The molecular weight excluding hydrogens is 172 g/mol. The van der Waals surface area contributed by atoms with Gasteiger partial charge in [0.05, 0.1) is 10.8 Å². The third-order valence-corrected chi connectivity index (χ3v) is 2.55. The van der Waals surface area contributed by atoms with Crippen LogP contribution in [0.25, 0.3) is 0 Å². The number of nitrogens with one attached hydrogen (secondary N) is 2. The summed E-state index contributed by atoms with van der Waals surface area (Å²) in [4.78, 5) is 0. The molecule has 0 aliphatic carbocycles. The highest BCUT2D eigenvalue weighted by Gasteiger charge is 2.09. The van der Waals surface area contributed by atoms with E-state index in [1.807, 2.05) is 12.3 Å². The van der Waals surface area contributed by atoms with Crippen molar-refractivity contribution in [2.75, 3.05) is 6.26 Å². The van der Waals surface area contributed by atoms with Gasteiger partial charge in [-0.1, -0.05) is 13.8 Å². The molecule has 0 aromatic rings. The molecule has 1 atom stereocenters. The summed E-state index contributed by atoms with van der Waals surface area (Å²) in [6.07, 6.45) is 5.47. The Morgan fingerprint density at radius 1 is 1.50 bits per heavy atom. The Kier molecular flexibility index (Phi) is 2.92.